The maximum absolute atomic E-state index is 10.6. The maximum atomic E-state index is 10.6. The molecule has 18 heavy (non-hydrogen) atoms. The van der Waals surface area contributed by atoms with Crippen LogP contribution in [0.1, 0.15) is 32.8 Å². The molecule has 0 spiro atoms. The van der Waals surface area contributed by atoms with E-state index in [4.69, 9.17) is 0 Å². The number of likely N-dealkylation sites (N-methyl/N-ethyl adjacent to an activating group) is 1. The fraction of sp³-hybridized carbons (Fsp3) is 0.571. The normalized spacial score (nSPS) is 13.3. The van der Waals surface area contributed by atoms with Gasteiger partial charge in [-0.3, -0.25) is 10.1 Å². The van der Waals surface area contributed by atoms with E-state index in [1.807, 2.05) is 19.2 Å². The maximum Gasteiger partial charge on any atom is 0.269 e. The summed E-state index contributed by atoms with van der Waals surface area (Å²) in [7, 11) is 1.96. The van der Waals surface area contributed by atoms with Crippen molar-refractivity contribution in [3.8, 4) is 0 Å². The van der Waals surface area contributed by atoms with E-state index in [0.29, 0.717) is 6.04 Å². The van der Waals surface area contributed by atoms with Crippen molar-refractivity contribution in [3.63, 3.8) is 0 Å². The molecular weight excluding hydrogens is 228 g/mol. The SMILES string of the molecule is CNC(Cc1ccc([N+](=O)[O-])cc1)CC(C)(C)C. The van der Waals surface area contributed by atoms with E-state index >= 15 is 0 Å². The van der Waals surface area contributed by atoms with Gasteiger partial charge in [0, 0.05) is 18.2 Å². The van der Waals surface area contributed by atoms with Crippen LogP contribution in [0.15, 0.2) is 24.3 Å². The van der Waals surface area contributed by atoms with Crippen molar-refractivity contribution < 1.29 is 4.92 Å². The van der Waals surface area contributed by atoms with Crippen LogP contribution < -0.4 is 5.32 Å². The summed E-state index contributed by atoms with van der Waals surface area (Å²) in [6.45, 7) is 6.65. The van der Waals surface area contributed by atoms with Gasteiger partial charge in [-0.1, -0.05) is 32.9 Å². The van der Waals surface area contributed by atoms with Crippen LogP contribution in [0.4, 0.5) is 5.69 Å². The van der Waals surface area contributed by atoms with Gasteiger partial charge in [-0.25, -0.2) is 0 Å². The van der Waals surface area contributed by atoms with Crippen molar-refractivity contribution in [2.24, 2.45) is 5.41 Å². The fourth-order valence-electron chi connectivity index (χ4n) is 2.05. The molecule has 1 atom stereocenters. The number of benzene rings is 1. The van der Waals surface area contributed by atoms with Gasteiger partial charge in [0.1, 0.15) is 0 Å². The minimum atomic E-state index is -0.367. The molecule has 0 aliphatic rings. The van der Waals surface area contributed by atoms with Crippen molar-refractivity contribution in [2.75, 3.05) is 7.05 Å². The molecule has 0 aliphatic heterocycles. The first-order valence-corrected chi connectivity index (χ1v) is 6.22. The molecule has 0 aromatic heterocycles. The molecule has 1 aromatic rings. The molecule has 1 N–H and O–H groups in total. The highest BCUT2D eigenvalue weighted by Gasteiger charge is 2.18. The van der Waals surface area contributed by atoms with Crippen LogP contribution in [-0.2, 0) is 6.42 Å². The third-order valence-corrected chi connectivity index (χ3v) is 2.90. The van der Waals surface area contributed by atoms with E-state index in [2.05, 4.69) is 26.1 Å². The lowest BCUT2D eigenvalue weighted by Gasteiger charge is -2.25. The summed E-state index contributed by atoms with van der Waals surface area (Å²) in [5.74, 6) is 0. The summed E-state index contributed by atoms with van der Waals surface area (Å²) in [5, 5.41) is 13.9. The molecule has 0 aliphatic carbocycles. The van der Waals surface area contributed by atoms with Crippen LogP contribution in [0.5, 0.6) is 0 Å². The molecule has 0 heterocycles. The molecule has 4 heteroatoms. The average Bonchev–Trinajstić information content (AvgIpc) is 2.27. The Balaban J connectivity index is 2.67. The number of nitro groups is 1. The summed E-state index contributed by atoms with van der Waals surface area (Å²) in [6.07, 6.45) is 1.96. The Morgan fingerprint density at radius 3 is 2.22 bits per heavy atom. The molecule has 0 amide bonds. The van der Waals surface area contributed by atoms with Gasteiger partial charge in [0.05, 0.1) is 4.92 Å². The Labute approximate surface area is 109 Å². The third kappa shape index (κ3) is 4.84. The average molecular weight is 250 g/mol. The zero-order chi connectivity index (χ0) is 13.8. The number of hydrogen-bond donors (Lipinski definition) is 1. The van der Waals surface area contributed by atoms with Crippen molar-refractivity contribution in [3.05, 3.63) is 39.9 Å². The fourth-order valence-corrected chi connectivity index (χ4v) is 2.05. The highest BCUT2D eigenvalue weighted by molar-refractivity contribution is 5.33. The van der Waals surface area contributed by atoms with E-state index in [1.165, 1.54) is 0 Å². The molecule has 0 fully saturated rings. The van der Waals surface area contributed by atoms with Crippen LogP contribution in [0.25, 0.3) is 0 Å². The Bertz CT molecular complexity index is 393. The highest BCUT2D eigenvalue weighted by Crippen LogP contribution is 2.23. The molecule has 1 unspecified atom stereocenters. The number of nitro benzene ring substituents is 1. The van der Waals surface area contributed by atoms with Crippen LogP contribution in [0.2, 0.25) is 0 Å². The summed E-state index contributed by atoms with van der Waals surface area (Å²) < 4.78 is 0. The Kier molecular flexibility index (Phi) is 4.84. The molecule has 0 saturated carbocycles. The van der Waals surface area contributed by atoms with E-state index in [1.54, 1.807) is 12.1 Å². The van der Waals surface area contributed by atoms with Gasteiger partial charge in [-0.15, -0.1) is 0 Å². The van der Waals surface area contributed by atoms with Crippen LogP contribution in [0.3, 0.4) is 0 Å². The second-order valence-electron chi connectivity index (χ2n) is 5.88. The summed E-state index contributed by atoms with van der Waals surface area (Å²) in [6, 6.07) is 7.21. The van der Waals surface area contributed by atoms with E-state index in [-0.39, 0.29) is 16.0 Å². The van der Waals surface area contributed by atoms with Crippen LogP contribution in [-0.4, -0.2) is 18.0 Å². The molecule has 1 rings (SSSR count). The van der Waals surface area contributed by atoms with Gasteiger partial charge in [-0.2, -0.15) is 0 Å². The summed E-state index contributed by atoms with van der Waals surface area (Å²) >= 11 is 0. The van der Waals surface area contributed by atoms with E-state index < -0.39 is 0 Å². The highest BCUT2D eigenvalue weighted by atomic mass is 16.6. The molecule has 0 bridgehead atoms. The Hall–Kier alpha value is -1.42. The molecule has 4 nitrogen and oxygen atoms in total. The quantitative estimate of drug-likeness (QED) is 0.645. The van der Waals surface area contributed by atoms with Crippen LogP contribution in [0, 0.1) is 15.5 Å². The minimum Gasteiger partial charge on any atom is -0.317 e. The largest absolute Gasteiger partial charge is 0.317 e. The lowest BCUT2D eigenvalue weighted by Crippen LogP contribution is -2.31. The first-order valence-electron chi connectivity index (χ1n) is 6.22. The minimum absolute atomic E-state index is 0.149. The lowest BCUT2D eigenvalue weighted by molar-refractivity contribution is -0.384. The first-order chi connectivity index (χ1) is 8.31. The lowest BCUT2D eigenvalue weighted by atomic mass is 9.86. The van der Waals surface area contributed by atoms with Crippen molar-refractivity contribution in [2.45, 2.75) is 39.7 Å². The summed E-state index contributed by atoms with van der Waals surface area (Å²) in [5.41, 5.74) is 1.55. The van der Waals surface area contributed by atoms with Gasteiger partial charge < -0.3 is 5.32 Å². The Morgan fingerprint density at radius 1 is 1.28 bits per heavy atom. The van der Waals surface area contributed by atoms with Gasteiger partial charge >= 0.3 is 0 Å². The molecule has 100 valence electrons. The zero-order valence-electron chi connectivity index (χ0n) is 11.6. The molecule has 0 radical (unpaired) electrons. The summed E-state index contributed by atoms with van der Waals surface area (Å²) in [4.78, 5) is 10.2. The van der Waals surface area contributed by atoms with Gasteiger partial charge in [0.15, 0.2) is 0 Å². The van der Waals surface area contributed by atoms with Gasteiger partial charge in [-0.05, 0) is 30.9 Å². The van der Waals surface area contributed by atoms with E-state index in [9.17, 15) is 10.1 Å². The number of rotatable bonds is 5. The predicted molar refractivity (Wildman–Crippen MR) is 73.7 cm³/mol. The standard InChI is InChI=1S/C14H22N2O2/c1-14(2,3)10-12(15-4)9-11-5-7-13(8-6-11)16(17)18/h5-8,12,15H,9-10H2,1-4H3. The van der Waals surface area contributed by atoms with Gasteiger partial charge in [0.25, 0.3) is 5.69 Å². The molecular formula is C14H22N2O2. The zero-order valence-corrected chi connectivity index (χ0v) is 11.6. The second-order valence-corrected chi connectivity index (χ2v) is 5.88. The Morgan fingerprint density at radius 2 is 1.83 bits per heavy atom. The second kappa shape index (κ2) is 5.96. The molecule has 1 aromatic carbocycles. The monoisotopic (exact) mass is 250 g/mol. The number of hydrogen-bond acceptors (Lipinski definition) is 3. The topological polar surface area (TPSA) is 55.2 Å². The van der Waals surface area contributed by atoms with Crippen LogP contribution >= 0.6 is 0 Å². The number of nitrogens with one attached hydrogen (secondary N) is 1. The molecule has 0 saturated heterocycles. The number of non-ortho nitro benzene ring substituents is 1. The van der Waals surface area contributed by atoms with Crippen molar-refractivity contribution in [1.29, 1.82) is 0 Å². The van der Waals surface area contributed by atoms with Crippen molar-refractivity contribution >= 4 is 5.69 Å². The van der Waals surface area contributed by atoms with Crippen molar-refractivity contribution in [1.82, 2.24) is 5.32 Å². The number of nitrogens with zero attached hydrogens (tertiary/aromatic N) is 1. The first kappa shape index (κ1) is 14.6. The smallest absolute Gasteiger partial charge is 0.269 e. The third-order valence-electron chi connectivity index (χ3n) is 2.90. The van der Waals surface area contributed by atoms with Gasteiger partial charge in [0.2, 0.25) is 0 Å². The van der Waals surface area contributed by atoms with E-state index in [0.717, 1.165) is 18.4 Å². The predicted octanol–water partition coefficient (Wildman–Crippen LogP) is 3.16.